The summed E-state index contributed by atoms with van der Waals surface area (Å²) in [5.41, 5.74) is 1.33. The lowest BCUT2D eigenvalue weighted by Gasteiger charge is -1.93. The highest BCUT2D eigenvalue weighted by Gasteiger charge is 2.15. The molecule has 0 fully saturated rings. The van der Waals surface area contributed by atoms with Crippen molar-refractivity contribution in [3.63, 3.8) is 0 Å². The van der Waals surface area contributed by atoms with E-state index in [-0.39, 0.29) is 0 Å². The zero-order chi connectivity index (χ0) is 6.85. The summed E-state index contributed by atoms with van der Waals surface area (Å²) >= 11 is 0. The Bertz CT molecular complexity index is 172. The van der Waals surface area contributed by atoms with Crippen LogP contribution >= 0.6 is 0 Å². The van der Waals surface area contributed by atoms with Crippen molar-refractivity contribution in [3.05, 3.63) is 11.3 Å². The predicted octanol–water partition coefficient (Wildman–Crippen LogP) is 0.338. The number of hydrogen-bond donors (Lipinski definition) is 2. The topological polar surface area (TPSA) is 49.3 Å². The fraction of sp³-hybridized carbons (Fsp3) is 0.500. The number of rotatable bonds is 1. The van der Waals surface area contributed by atoms with Gasteiger partial charge < -0.3 is 10.4 Å². The van der Waals surface area contributed by atoms with Gasteiger partial charge >= 0.3 is 5.97 Å². The van der Waals surface area contributed by atoms with Crippen molar-refractivity contribution in [3.8, 4) is 0 Å². The van der Waals surface area contributed by atoms with Crippen LogP contribution in [0.25, 0.3) is 0 Å². The Morgan fingerprint density at radius 1 is 1.78 bits per heavy atom. The molecule has 2 N–H and O–H groups in total. The lowest BCUT2D eigenvalue weighted by atomic mass is 10.2. The molecule has 0 atom stereocenters. The maximum Gasteiger partial charge on any atom is 0.333 e. The van der Waals surface area contributed by atoms with E-state index in [1.54, 1.807) is 6.92 Å². The Balaban J connectivity index is 2.78. The molecule has 0 bridgehead atoms. The van der Waals surface area contributed by atoms with E-state index in [0.29, 0.717) is 12.0 Å². The first-order valence-corrected chi connectivity index (χ1v) is 2.88. The minimum absolute atomic E-state index is 0.523. The zero-order valence-electron chi connectivity index (χ0n) is 5.27. The number of aliphatic carboxylic acids is 1. The average molecular weight is 127 g/mol. The van der Waals surface area contributed by atoms with Crippen LogP contribution in [0.4, 0.5) is 0 Å². The molecule has 0 aromatic rings. The zero-order valence-corrected chi connectivity index (χ0v) is 5.27. The van der Waals surface area contributed by atoms with Crippen LogP contribution in [0.5, 0.6) is 0 Å². The number of nitrogens with one attached hydrogen (secondary N) is 1. The van der Waals surface area contributed by atoms with Crippen LogP contribution in [-0.4, -0.2) is 17.6 Å². The maximum absolute atomic E-state index is 10.3. The van der Waals surface area contributed by atoms with Gasteiger partial charge in [-0.2, -0.15) is 0 Å². The summed E-state index contributed by atoms with van der Waals surface area (Å²) < 4.78 is 0. The van der Waals surface area contributed by atoms with Gasteiger partial charge in [-0.25, -0.2) is 4.79 Å². The van der Waals surface area contributed by atoms with E-state index >= 15 is 0 Å². The third-order valence-electron chi connectivity index (χ3n) is 1.48. The van der Waals surface area contributed by atoms with Crippen molar-refractivity contribution in [2.45, 2.75) is 13.3 Å². The molecule has 3 heteroatoms. The smallest absolute Gasteiger partial charge is 0.333 e. The molecule has 0 aromatic heterocycles. The molecule has 1 heterocycles. The molecule has 0 saturated heterocycles. The number of hydrogen-bond acceptors (Lipinski definition) is 2. The minimum Gasteiger partial charge on any atom is -0.478 e. The first kappa shape index (κ1) is 6.13. The molecule has 1 aliphatic heterocycles. The summed E-state index contributed by atoms with van der Waals surface area (Å²) in [7, 11) is 0. The number of carboxylic acids is 1. The van der Waals surface area contributed by atoms with E-state index in [1.807, 2.05) is 0 Å². The fourth-order valence-electron chi connectivity index (χ4n) is 0.937. The average Bonchev–Trinajstić information content (AvgIpc) is 2.13. The van der Waals surface area contributed by atoms with Crippen molar-refractivity contribution < 1.29 is 9.90 Å². The van der Waals surface area contributed by atoms with Crippen LogP contribution < -0.4 is 5.32 Å². The molecule has 0 amide bonds. The standard InChI is InChI=1S/C6H9NO2/c1-4-5(6(8)9)2-3-7-4/h7H,2-3H2,1H3,(H,8,9). The van der Waals surface area contributed by atoms with Gasteiger partial charge in [0.2, 0.25) is 0 Å². The van der Waals surface area contributed by atoms with Gasteiger partial charge in [-0.15, -0.1) is 0 Å². The third-order valence-corrected chi connectivity index (χ3v) is 1.48. The van der Waals surface area contributed by atoms with E-state index in [0.717, 1.165) is 12.2 Å². The summed E-state index contributed by atoms with van der Waals surface area (Å²) in [6.07, 6.45) is 0.654. The number of carbonyl (C=O) groups is 1. The molecule has 0 unspecified atom stereocenters. The highest BCUT2D eigenvalue weighted by Crippen LogP contribution is 2.11. The van der Waals surface area contributed by atoms with Crippen LogP contribution in [0, 0.1) is 0 Å². The van der Waals surface area contributed by atoms with E-state index in [2.05, 4.69) is 5.32 Å². The molecule has 1 aliphatic rings. The molecule has 0 aromatic carbocycles. The third kappa shape index (κ3) is 1.04. The van der Waals surface area contributed by atoms with Gasteiger partial charge in [-0.1, -0.05) is 0 Å². The van der Waals surface area contributed by atoms with Crippen LogP contribution in [0.1, 0.15) is 13.3 Å². The largest absolute Gasteiger partial charge is 0.478 e. The van der Waals surface area contributed by atoms with E-state index in [9.17, 15) is 4.79 Å². The second kappa shape index (κ2) is 2.09. The molecule has 9 heavy (non-hydrogen) atoms. The van der Waals surface area contributed by atoms with Gasteiger partial charge in [0.1, 0.15) is 0 Å². The fourth-order valence-corrected chi connectivity index (χ4v) is 0.937. The first-order chi connectivity index (χ1) is 4.22. The lowest BCUT2D eigenvalue weighted by molar-refractivity contribution is -0.132. The van der Waals surface area contributed by atoms with Gasteiger partial charge in [-0.05, 0) is 13.3 Å². The molecule has 0 saturated carbocycles. The second-order valence-corrected chi connectivity index (χ2v) is 2.09. The van der Waals surface area contributed by atoms with Gasteiger partial charge in [-0.3, -0.25) is 0 Å². The van der Waals surface area contributed by atoms with Crippen molar-refractivity contribution in [2.75, 3.05) is 6.54 Å². The number of carboxylic acid groups (broad SMARTS) is 1. The van der Waals surface area contributed by atoms with E-state index < -0.39 is 5.97 Å². The molecule has 0 spiro atoms. The Labute approximate surface area is 53.4 Å². The van der Waals surface area contributed by atoms with Gasteiger partial charge in [0.15, 0.2) is 0 Å². The lowest BCUT2D eigenvalue weighted by Crippen LogP contribution is -2.04. The predicted molar refractivity (Wildman–Crippen MR) is 33.0 cm³/mol. The summed E-state index contributed by atoms with van der Waals surface area (Å²) in [6.45, 7) is 2.56. The van der Waals surface area contributed by atoms with Crippen molar-refractivity contribution in [2.24, 2.45) is 0 Å². The molecule has 0 aliphatic carbocycles. The van der Waals surface area contributed by atoms with Crippen LogP contribution in [0.3, 0.4) is 0 Å². The Morgan fingerprint density at radius 2 is 2.44 bits per heavy atom. The Kier molecular flexibility index (Phi) is 1.42. The van der Waals surface area contributed by atoms with Gasteiger partial charge in [0, 0.05) is 12.2 Å². The van der Waals surface area contributed by atoms with E-state index in [1.165, 1.54) is 0 Å². The van der Waals surface area contributed by atoms with Crippen LogP contribution in [-0.2, 0) is 4.79 Å². The summed E-state index contributed by atoms with van der Waals surface area (Å²) in [5.74, 6) is -0.794. The molecule has 1 rings (SSSR count). The van der Waals surface area contributed by atoms with Crippen LogP contribution in [0.15, 0.2) is 11.3 Å². The molecular weight excluding hydrogens is 118 g/mol. The monoisotopic (exact) mass is 127 g/mol. The summed E-state index contributed by atoms with van der Waals surface area (Å²) in [6, 6.07) is 0. The quantitative estimate of drug-likeness (QED) is 0.534. The maximum atomic E-state index is 10.3. The summed E-state index contributed by atoms with van der Waals surface area (Å²) in [4.78, 5) is 10.3. The highest BCUT2D eigenvalue weighted by molar-refractivity contribution is 5.87. The van der Waals surface area contributed by atoms with Crippen molar-refractivity contribution >= 4 is 5.97 Å². The first-order valence-electron chi connectivity index (χ1n) is 2.88. The van der Waals surface area contributed by atoms with Gasteiger partial charge in [0.25, 0.3) is 0 Å². The second-order valence-electron chi connectivity index (χ2n) is 2.09. The minimum atomic E-state index is -0.794. The summed E-state index contributed by atoms with van der Waals surface area (Å²) in [5, 5.41) is 11.4. The van der Waals surface area contributed by atoms with Gasteiger partial charge in [0.05, 0.1) is 5.57 Å². The van der Waals surface area contributed by atoms with Crippen molar-refractivity contribution in [1.82, 2.24) is 5.32 Å². The normalized spacial score (nSPS) is 17.9. The van der Waals surface area contributed by atoms with Crippen molar-refractivity contribution in [1.29, 1.82) is 0 Å². The van der Waals surface area contributed by atoms with Crippen LogP contribution in [0.2, 0.25) is 0 Å². The van der Waals surface area contributed by atoms with E-state index in [4.69, 9.17) is 5.11 Å². The molecule has 50 valence electrons. The number of allylic oxidation sites excluding steroid dienone is 1. The Morgan fingerprint density at radius 3 is 2.67 bits per heavy atom. The molecule has 3 nitrogen and oxygen atoms in total. The highest BCUT2D eigenvalue weighted by atomic mass is 16.4. The molecule has 0 radical (unpaired) electrons. The molecular formula is C6H9NO2. The Hall–Kier alpha value is -0.990. The SMILES string of the molecule is CC1=C(C(=O)O)CCN1.